The van der Waals surface area contributed by atoms with E-state index < -0.39 is 0 Å². The van der Waals surface area contributed by atoms with E-state index in [4.69, 9.17) is 5.11 Å². The number of aliphatic hydroxyl groups excluding tert-OH is 1. The van der Waals surface area contributed by atoms with Crippen molar-refractivity contribution in [2.24, 2.45) is 5.41 Å². The molecule has 2 heteroatoms. The highest BCUT2D eigenvalue weighted by molar-refractivity contribution is 7.11. The first-order chi connectivity index (χ1) is 6.07. The van der Waals surface area contributed by atoms with E-state index in [9.17, 15) is 0 Å². The van der Waals surface area contributed by atoms with Gasteiger partial charge in [0.05, 0.1) is 0 Å². The van der Waals surface area contributed by atoms with E-state index in [1.807, 2.05) is 11.3 Å². The van der Waals surface area contributed by atoms with Crippen molar-refractivity contribution in [3.63, 3.8) is 0 Å². The molecule has 0 atom stereocenters. The van der Waals surface area contributed by atoms with Crippen molar-refractivity contribution >= 4 is 11.3 Å². The van der Waals surface area contributed by atoms with Crippen LogP contribution in [-0.2, 0) is 12.8 Å². The highest BCUT2D eigenvalue weighted by Gasteiger charge is 2.17. The zero-order chi connectivity index (χ0) is 9.90. The minimum Gasteiger partial charge on any atom is -0.396 e. The van der Waals surface area contributed by atoms with Crippen LogP contribution in [0.5, 0.6) is 0 Å². The van der Waals surface area contributed by atoms with Gasteiger partial charge in [0.2, 0.25) is 0 Å². The summed E-state index contributed by atoms with van der Waals surface area (Å²) in [4.78, 5) is 2.82. The van der Waals surface area contributed by atoms with Crippen molar-refractivity contribution in [1.29, 1.82) is 0 Å². The molecule has 0 unspecified atom stereocenters. The van der Waals surface area contributed by atoms with Crippen LogP contribution in [0.4, 0.5) is 0 Å². The Morgan fingerprint density at radius 3 is 2.38 bits per heavy atom. The van der Waals surface area contributed by atoms with Crippen LogP contribution in [0.25, 0.3) is 0 Å². The largest absolute Gasteiger partial charge is 0.396 e. The lowest BCUT2D eigenvalue weighted by Crippen LogP contribution is -2.18. The molecule has 1 aromatic heterocycles. The fourth-order valence-electron chi connectivity index (χ4n) is 1.23. The molecular formula is C11H18OS. The molecule has 1 rings (SSSR count). The molecule has 0 radical (unpaired) electrons. The van der Waals surface area contributed by atoms with Crippen LogP contribution in [-0.4, -0.2) is 11.7 Å². The monoisotopic (exact) mass is 198 g/mol. The van der Waals surface area contributed by atoms with E-state index >= 15 is 0 Å². The van der Waals surface area contributed by atoms with Crippen LogP contribution >= 0.6 is 11.3 Å². The third-order valence-electron chi connectivity index (χ3n) is 2.15. The Morgan fingerprint density at radius 2 is 1.92 bits per heavy atom. The third-order valence-corrected chi connectivity index (χ3v) is 3.38. The van der Waals surface area contributed by atoms with E-state index in [0.717, 1.165) is 12.8 Å². The second-order valence-electron chi connectivity index (χ2n) is 4.22. The first-order valence-electron chi connectivity index (χ1n) is 4.76. The highest BCUT2D eigenvalue weighted by Crippen LogP contribution is 2.26. The topological polar surface area (TPSA) is 20.2 Å². The summed E-state index contributed by atoms with van der Waals surface area (Å²) in [6.07, 6.45) is 2.10. The fraction of sp³-hybridized carbons (Fsp3) is 0.636. The van der Waals surface area contributed by atoms with Gasteiger partial charge in [0, 0.05) is 16.4 Å². The maximum atomic E-state index is 9.12. The van der Waals surface area contributed by atoms with Gasteiger partial charge < -0.3 is 5.11 Å². The van der Waals surface area contributed by atoms with Crippen molar-refractivity contribution in [2.75, 3.05) is 6.61 Å². The molecule has 0 aromatic carbocycles. The Balaban J connectivity index is 2.63. The summed E-state index contributed by atoms with van der Waals surface area (Å²) in [6, 6.07) is 4.37. The van der Waals surface area contributed by atoms with Crippen LogP contribution < -0.4 is 0 Å². The lowest BCUT2D eigenvalue weighted by Gasteiger charge is -2.20. The molecule has 0 amide bonds. The lowest BCUT2D eigenvalue weighted by molar-refractivity contribution is 0.160. The summed E-state index contributed by atoms with van der Waals surface area (Å²) in [5.41, 5.74) is 0.0237. The molecule has 13 heavy (non-hydrogen) atoms. The minimum absolute atomic E-state index is 0.0237. The van der Waals surface area contributed by atoms with Crippen LogP contribution in [0.3, 0.4) is 0 Å². The van der Waals surface area contributed by atoms with Crippen molar-refractivity contribution in [3.8, 4) is 0 Å². The zero-order valence-electron chi connectivity index (χ0n) is 8.63. The molecule has 0 spiro atoms. The van der Waals surface area contributed by atoms with E-state index in [0.29, 0.717) is 0 Å². The summed E-state index contributed by atoms with van der Waals surface area (Å²) in [5, 5.41) is 9.12. The molecular weight excluding hydrogens is 180 g/mol. The quantitative estimate of drug-likeness (QED) is 0.788. The molecule has 1 aromatic rings. The van der Waals surface area contributed by atoms with E-state index in [1.165, 1.54) is 9.75 Å². The van der Waals surface area contributed by atoms with Crippen LogP contribution in [0.15, 0.2) is 12.1 Å². The number of aliphatic hydroxyl groups is 1. The normalized spacial score (nSPS) is 12.0. The van der Waals surface area contributed by atoms with Crippen LogP contribution in [0.1, 0.15) is 30.5 Å². The fourth-order valence-corrected chi connectivity index (χ4v) is 2.45. The van der Waals surface area contributed by atoms with E-state index in [1.54, 1.807) is 0 Å². The standard InChI is InChI=1S/C11H18OS/c1-4-9-5-6-10(13-9)7-11(2,3)8-12/h5-6,12H,4,7-8H2,1-3H3. The first-order valence-corrected chi connectivity index (χ1v) is 5.57. The van der Waals surface area contributed by atoms with Crippen molar-refractivity contribution in [1.82, 2.24) is 0 Å². The zero-order valence-corrected chi connectivity index (χ0v) is 9.45. The van der Waals surface area contributed by atoms with Crippen molar-refractivity contribution in [3.05, 3.63) is 21.9 Å². The molecule has 0 saturated carbocycles. The van der Waals surface area contributed by atoms with Gasteiger partial charge in [0.1, 0.15) is 0 Å². The van der Waals surface area contributed by atoms with Gasteiger partial charge in [-0.2, -0.15) is 0 Å². The number of thiophene rings is 1. The minimum atomic E-state index is 0.0237. The number of hydrogen-bond donors (Lipinski definition) is 1. The first kappa shape index (κ1) is 10.7. The number of aryl methyl sites for hydroxylation is 1. The molecule has 0 saturated heterocycles. The molecule has 1 nitrogen and oxygen atoms in total. The van der Waals surface area contributed by atoms with Gasteiger partial charge in [-0.1, -0.05) is 20.8 Å². The molecule has 1 N–H and O–H groups in total. The lowest BCUT2D eigenvalue weighted by atomic mass is 9.90. The highest BCUT2D eigenvalue weighted by atomic mass is 32.1. The maximum Gasteiger partial charge on any atom is 0.0485 e. The summed E-state index contributed by atoms with van der Waals surface area (Å²) < 4.78 is 0. The predicted octanol–water partition coefficient (Wildman–Crippen LogP) is 2.87. The third kappa shape index (κ3) is 3.12. The summed E-state index contributed by atoms with van der Waals surface area (Å²) >= 11 is 1.86. The van der Waals surface area contributed by atoms with Gasteiger partial charge in [-0.15, -0.1) is 11.3 Å². The van der Waals surface area contributed by atoms with Gasteiger partial charge in [-0.05, 0) is 30.4 Å². The second-order valence-corrected chi connectivity index (χ2v) is 5.47. The second kappa shape index (κ2) is 4.25. The Kier molecular flexibility index (Phi) is 3.51. The molecule has 0 aliphatic heterocycles. The van der Waals surface area contributed by atoms with E-state index in [-0.39, 0.29) is 12.0 Å². The van der Waals surface area contributed by atoms with Gasteiger partial charge in [-0.3, -0.25) is 0 Å². The molecule has 0 bridgehead atoms. The molecule has 0 aliphatic rings. The van der Waals surface area contributed by atoms with Gasteiger partial charge in [0.25, 0.3) is 0 Å². The SMILES string of the molecule is CCc1ccc(CC(C)(C)CO)s1. The van der Waals surface area contributed by atoms with Crippen LogP contribution in [0.2, 0.25) is 0 Å². The predicted molar refractivity (Wildman–Crippen MR) is 58.3 cm³/mol. The van der Waals surface area contributed by atoms with Crippen molar-refractivity contribution in [2.45, 2.75) is 33.6 Å². The molecule has 74 valence electrons. The average Bonchev–Trinajstić information content (AvgIpc) is 2.52. The Morgan fingerprint density at radius 1 is 1.31 bits per heavy atom. The smallest absolute Gasteiger partial charge is 0.0485 e. The number of hydrogen-bond acceptors (Lipinski definition) is 2. The molecule has 0 fully saturated rings. The summed E-state index contributed by atoms with van der Waals surface area (Å²) in [5.74, 6) is 0. The Bertz CT molecular complexity index is 263. The molecule has 1 heterocycles. The van der Waals surface area contributed by atoms with Gasteiger partial charge in [-0.25, -0.2) is 0 Å². The average molecular weight is 198 g/mol. The van der Waals surface area contributed by atoms with Crippen molar-refractivity contribution < 1.29 is 5.11 Å². The summed E-state index contributed by atoms with van der Waals surface area (Å²) in [7, 11) is 0. The van der Waals surface area contributed by atoms with Gasteiger partial charge >= 0.3 is 0 Å². The number of rotatable bonds is 4. The summed E-state index contributed by atoms with van der Waals surface area (Å²) in [6.45, 7) is 6.62. The van der Waals surface area contributed by atoms with Crippen LogP contribution in [0, 0.1) is 5.41 Å². The Labute approximate surface area is 84.4 Å². The Hall–Kier alpha value is -0.340. The van der Waals surface area contributed by atoms with E-state index in [2.05, 4.69) is 32.9 Å². The van der Waals surface area contributed by atoms with Gasteiger partial charge in [0.15, 0.2) is 0 Å². The molecule has 0 aliphatic carbocycles. The maximum absolute atomic E-state index is 9.12.